The summed E-state index contributed by atoms with van der Waals surface area (Å²) in [5.41, 5.74) is 6.58. The lowest BCUT2D eigenvalue weighted by molar-refractivity contribution is 0.0969. The zero-order valence-electron chi connectivity index (χ0n) is 11.4. The summed E-state index contributed by atoms with van der Waals surface area (Å²) in [7, 11) is 0. The van der Waals surface area contributed by atoms with Crippen molar-refractivity contribution in [3.05, 3.63) is 35.9 Å². The molecule has 1 aromatic carbocycles. The molecule has 0 saturated carbocycles. The lowest BCUT2D eigenvalue weighted by Gasteiger charge is -2.25. The van der Waals surface area contributed by atoms with Crippen LogP contribution in [0.25, 0.3) is 0 Å². The molecule has 0 aliphatic carbocycles. The van der Waals surface area contributed by atoms with E-state index in [1.165, 1.54) is 4.90 Å². The van der Waals surface area contributed by atoms with Crippen molar-refractivity contribution in [1.82, 2.24) is 4.90 Å². The fourth-order valence-electron chi connectivity index (χ4n) is 2.46. The van der Waals surface area contributed by atoms with Crippen LogP contribution in [0.4, 0.5) is 4.79 Å². The van der Waals surface area contributed by atoms with Crippen LogP contribution in [0.3, 0.4) is 0 Å². The number of ether oxygens (including phenoxy) is 1. The SMILES string of the molecule is CC1CCN(C(=O)OCc2ccccc2)[C@@H]1/C(N)=N/O. The summed E-state index contributed by atoms with van der Waals surface area (Å²) in [5, 5.41) is 11.8. The van der Waals surface area contributed by atoms with Crippen molar-refractivity contribution in [2.24, 2.45) is 16.8 Å². The summed E-state index contributed by atoms with van der Waals surface area (Å²) < 4.78 is 5.28. The lowest BCUT2D eigenvalue weighted by atomic mass is 10.0. The van der Waals surface area contributed by atoms with E-state index in [2.05, 4.69) is 5.16 Å². The van der Waals surface area contributed by atoms with Gasteiger partial charge < -0.3 is 15.7 Å². The van der Waals surface area contributed by atoms with Gasteiger partial charge in [0.15, 0.2) is 5.84 Å². The lowest BCUT2D eigenvalue weighted by Crippen LogP contribution is -2.46. The van der Waals surface area contributed by atoms with Gasteiger partial charge in [0, 0.05) is 6.54 Å². The van der Waals surface area contributed by atoms with Crippen LogP contribution >= 0.6 is 0 Å². The van der Waals surface area contributed by atoms with Gasteiger partial charge in [-0.25, -0.2) is 4.79 Å². The Labute approximate surface area is 117 Å². The molecule has 6 heteroatoms. The average Bonchev–Trinajstić information content (AvgIpc) is 2.87. The largest absolute Gasteiger partial charge is 0.445 e. The standard InChI is InChI=1S/C14H19N3O3/c1-10-7-8-17(12(10)13(15)16-19)14(18)20-9-11-5-3-2-4-6-11/h2-6,10,12,19H,7-9H2,1H3,(H2,15,16)/t10?,12-/m0/s1. The van der Waals surface area contributed by atoms with E-state index in [1.54, 1.807) is 0 Å². The predicted molar refractivity (Wildman–Crippen MR) is 74.3 cm³/mol. The average molecular weight is 277 g/mol. The normalized spacial score (nSPS) is 22.9. The number of oxime groups is 1. The highest BCUT2D eigenvalue weighted by Gasteiger charge is 2.38. The molecule has 108 valence electrons. The first-order valence-corrected chi connectivity index (χ1v) is 6.58. The summed E-state index contributed by atoms with van der Waals surface area (Å²) in [6.45, 7) is 2.73. The van der Waals surface area contributed by atoms with Crippen LogP contribution in [0.5, 0.6) is 0 Å². The highest BCUT2D eigenvalue weighted by Crippen LogP contribution is 2.25. The smallest absolute Gasteiger partial charge is 0.410 e. The summed E-state index contributed by atoms with van der Waals surface area (Å²) in [6, 6.07) is 9.06. The highest BCUT2D eigenvalue weighted by molar-refractivity contribution is 5.89. The van der Waals surface area contributed by atoms with Crippen LogP contribution in [-0.2, 0) is 11.3 Å². The Bertz CT molecular complexity index is 490. The third-order valence-corrected chi connectivity index (χ3v) is 3.56. The van der Waals surface area contributed by atoms with Crippen molar-refractivity contribution in [3.63, 3.8) is 0 Å². The number of benzene rings is 1. The van der Waals surface area contributed by atoms with Gasteiger partial charge in [0.1, 0.15) is 6.61 Å². The molecule has 1 aromatic rings. The van der Waals surface area contributed by atoms with E-state index < -0.39 is 12.1 Å². The Balaban J connectivity index is 1.98. The quantitative estimate of drug-likeness (QED) is 0.381. The number of hydrogen-bond acceptors (Lipinski definition) is 4. The molecule has 1 heterocycles. The maximum Gasteiger partial charge on any atom is 0.410 e. The number of carbonyl (C=O) groups excluding carboxylic acids is 1. The molecular weight excluding hydrogens is 258 g/mol. The van der Waals surface area contributed by atoms with Crippen LogP contribution < -0.4 is 5.73 Å². The predicted octanol–water partition coefficient (Wildman–Crippen LogP) is 1.78. The number of amidine groups is 1. The van der Waals surface area contributed by atoms with E-state index in [-0.39, 0.29) is 18.4 Å². The third kappa shape index (κ3) is 3.01. The minimum absolute atomic E-state index is 0.0478. The van der Waals surface area contributed by atoms with E-state index in [4.69, 9.17) is 15.7 Å². The molecule has 6 nitrogen and oxygen atoms in total. The van der Waals surface area contributed by atoms with Crippen molar-refractivity contribution >= 4 is 11.9 Å². The van der Waals surface area contributed by atoms with Crippen molar-refractivity contribution in [2.45, 2.75) is 26.0 Å². The molecule has 1 amide bonds. The van der Waals surface area contributed by atoms with Crippen LogP contribution in [0, 0.1) is 5.92 Å². The Morgan fingerprint density at radius 3 is 2.85 bits per heavy atom. The van der Waals surface area contributed by atoms with Crippen LogP contribution in [-0.4, -0.2) is 34.6 Å². The van der Waals surface area contributed by atoms with E-state index in [0.717, 1.165) is 12.0 Å². The zero-order valence-corrected chi connectivity index (χ0v) is 11.4. The third-order valence-electron chi connectivity index (χ3n) is 3.56. The van der Waals surface area contributed by atoms with Crippen molar-refractivity contribution in [2.75, 3.05) is 6.54 Å². The van der Waals surface area contributed by atoms with E-state index in [1.807, 2.05) is 37.3 Å². The molecule has 0 aromatic heterocycles. The molecule has 1 saturated heterocycles. The zero-order chi connectivity index (χ0) is 14.5. The molecule has 20 heavy (non-hydrogen) atoms. The molecule has 0 spiro atoms. The summed E-state index contributed by atoms with van der Waals surface area (Å²) in [5.74, 6) is 0.196. The van der Waals surface area contributed by atoms with Gasteiger partial charge in [-0.3, -0.25) is 4.90 Å². The topological polar surface area (TPSA) is 88.2 Å². The second-order valence-corrected chi connectivity index (χ2v) is 4.97. The van der Waals surface area contributed by atoms with Crippen LogP contribution in [0.1, 0.15) is 18.9 Å². The van der Waals surface area contributed by atoms with Gasteiger partial charge in [0.05, 0.1) is 6.04 Å². The van der Waals surface area contributed by atoms with E-state index >= 15 is 0 Å². The Morgan fingerprint density at radius 2 is 2.20 bits per heavy atom. The molecule has 3 N–H and O–H groups in total. The molecule has 0 radical (unpaired) electrons. The number of amides is 1. The fraction of sp³-hybridized carbons (Fsp3) is 0.429. The van der Waals surface area contributed by atoms with Gasteiger partial charge in [-0.2, -0.15) is 0 Å². The Morgan fingerprint density at radius 1 is 1.50 bits per heavy atom. The highest BCUT2D eigenvalue weighted by atomic mass is 16.6. The van der Waals surface area contributed by atoms with Gasteiger partial charge in [0.25, 0.3) is 0 Å². The second-order valence-electron chi connectivity index (χ2n) is 4.97. The maximum atomic E-state index is 12.1. The fourth-order valence-corrected chi connectivity index (χ4v) is 2.46. The first kappa shape index (κ1) is 14.2. The summed E-state index contributed by atoms with van der Waals surface area (Å²) in [4.78, 5) is 13.6. The van der Waals surface area contributed by atoms with E-state index in [0.29, 0.717) is 6.54 Å². The molecule has 0 bridgehead atoms. The number of nitrogens with zero attached hydrogens (tertiary/aromatic N) is 2. The number of nitrogens with two attached hydrogens (primary N) is 1. The van der Waals surface area contributed by atoms with E-state index in [9.17, 15) is 4.79 Å². The minimum Gasteiger partial charge on any atom is -0.445 e. The van der Waals surface area contributed by atoms with Crippen molar-refractivity contribution in [3.8, 4) is 0 Å². The number of rotatable bonds is 3. The van der Waals surface area contributed by atoms with Crippen LogP contribution in [0.15, 0.2) is 35.5 Å². The molecule has 1 fully saturated rings. The van der Waals surface area contributed by atoms with Gasteiger partial charge >= 0.3 is 6.09 Å². The molecule has 2 atom stereocenters. The minimum atomic E-state index is -0.435. The molecular formula is C14H19N3O3. The number of hydrogen-bond donors (Lipinski definition) is 2. The first-order valence-electron chi connectivity index (χ1n) is 6.58. The van der Waals surface area contributed by atoms with Gasteiger partial charge in [-0.05, 0) is 17.9 Å². The van der Waals surface area contributed by atoms with Crippen molar-refractivity contribution < 1.29 is 14.7 Å². The van der Waals surface area contributed by atoms with Gasteiger partial charge in [-0.15, -0.1) is 0 Å². The Hall–Kier alpha value is -2.24. The molecule has 1 unspecified atom stereocenters. The second kappa shape index (κ2) is 6.27. The summed E-state index contributed by atoms with van der Waals surface area (Å²) >= 11 is 0. The number of carbonyl (C=O) groups is 1. The molecule has 2 rings (SSSR count). The van der Waals surface area contributed by atoms with Gasteiger partial charge in [-0.1, -0.05) is 42.4 Å². The first-order chi connectivity index (χ1) is 9.63. The van der Waals surface area contributed by atoms with Gasteiger partial charge in [0.2, 0.25) is 0 Å². The molecule has 1 aliphatic rings. The number of likely N-dealkylation sites (tertiary alicyclic amines) is 1. The van der Waals surface area contributed by atoms with Crippen LogP contribution in [0.2, 0.25) is 0 Å². The maximum absolute atomic E-state index is 12.1. The molecule has 1 aliphatic heterocycles. The monoisotopic (exact) mass is 277 g/mol. The summed E-state index contributed by atoms with van der Waals surface area (Å²) in [6.07, 6.45) is 0.372. The van der Waals surface area contributed by atoms with Crippen molar-refractivity contribution in [1.29, 1.82) is 0 Å². The Kier molecular flexibility index (Phi) is 4.45.